The maximum absolute atomic E-state index is 12.9. The van der Waals surface area contributed by atoms with Crippen LogP contribution in [0, 0.1) is 11.7 Å². The molecule has 0 spiro atoms. The minimum absolute atomic E-state index is 0.379. The van der Waals surface area contributed by atoms with Gasteiger partial charge in [-0.2, -0.15) is 0 Å². The van der Waals surface area contributed by atoms with Gasteiger partial charge in [0.05, 0.1) is 5.92 Å². The molecule has 0 saturated heterocycles. The second kappa shape index (κ2) is 6.68. The molecule has 1 rings (SSSR count). The fraction of sp³-hybridized carbons (Fsp3) is 0.286. The third-order valence-electron chi connectivity index (χ3n) is 2.79. The SMILES string of the molecule is CC(NC(=O)/C=C/c1cccc(F)c1)C(C)C(=O)O. The van der Waals surface area contributed by atoms with Crippen molar-refractivity contribution in [2.45, 2.75) is 19.9 Å². The van der Waals surface area contributed by atoms with E-state index in [0.717, 1.165) is 0 Å². The zero-order valence-electron chi connectivity index (χ0n) is 10.8. The molecule has 0 bridgehead atoms. The molecule has 1 aromatic rings. The quantitative estimate of drug-likeness (QED) is 0.801. The lowest BCUT2D eigenvalue weighted by molar-refractivity contribution is -0.142. The average Bonchev–Trinajstić information content (AvgIpc) is 2.35. The Labute approximate surface area is 110 Å². The summed E-state index contributed by atoms with van der Waals surface area (Å²) in [5.74, 6) is -2.44. The third-order valence-corrected chi connectivity index (χ3v) is 2.79. The van der Waals surface area contributed by atoms with Crippen LogP contribution in [0.4, 0.5) is 4.39 Å². The maximum atomic E-state index is 12.9. The molecule has 4 nitrogen and oxygen atoms in total. The molecule has 2 atom stereocenters. The predicted molar refractivity (Wildman–Crippen MR) is 69.8 cm³/mol. The van der Waals surface area contributed by atoms with Crippen LogP contribution in [0.2, 0.25) is 0 Å². The first-order valence-electron chi connectivity index (χ1n) is 5.87. The molecule has 1 amide bonds. The molecule has 0 aliphatic carbocycles. The summed E-state index contributed by atoms with van der Waals surface area (Å²) in [5, 5.41) is 11.3. The van der Waals surface area contributed by atoms with Crippen LogP contribution in [-0.2, 0) is 9.59 Å². The van der Waals surface area contributed by atoms with Gasteiger partial charge in [-0.25, -0.2) is 4.39 Å². The Morgan fingerprint density at radius 3 is 2.63 bits per heavy atom. The highest BCUT2D eigenvalue weighted by Gasteiger charge is 2.19. The van der Waals surface area contributed by atoms with E-state index in [9.17, 15) is 14.0 Å². The van der Waals surface area contributed by atoms with E-state index in [1.54, 1.807) is 19.1 Å². The summed E-state index contributed by atoms with van der Waals surface area (Å²) < 4.78 is 12.9. The zero-order chi connectivity index (χ0) is 14.4. The molecule has 0 aromatic heterocycles. The van der Waals surface area contributed by atoms with E-state index in [4.69, 9.17) is 5.11 Å². The van der Waals surface area contributed by atoms with Crippen LogP contribution in [0.15, 0.2) is 30.3 Å². The van der Waals surface area contributed by atoms with Crippen molar-refractivity contribution in [3.63, 3.8) is 0 Å². The number of hydrogen-bond donors (Lipinski definition) is 2. The average molecular weight is 265 g/mol. The van der Waals surface area contributed by atoms with Crippen LogP contribution in [0.1, 0.15) is 19.4 Å². The first-order chi connectivity index (χ1) is 8.90. The van der Waals surface area contributed by atoms with Gasteiger partial charge < -0.3 is 10.4 Å². The van der Waals surface area contributed by atoms with Gasteiger partial charge in [0.2, 0.25) is 5.91 Å². The minimum atomic E-state index is -0.970. The molecule has 2 unspecified atom stereocenters. The van der Waals surface area contributed by atoms with Gasteiger partial charge in [0.15, 0.2) is 0 Å². The molecule has 0 heterocycles. The lowest BCUT2D eigenvalue weighted by atomic mass is 10.0. The second-order valence-corrected chi connectivity index (χ2v) is 4.31. The van der Waals surface area contributed by atoms with Gasteiger partial charge in [-0.3, -0.25) is 9.59 Å². The number of carbonyl (C=O) groups excluding carboxylic acids is 1. The number of aliphatic carboxylic acids is 1. The molecule has 0 aliphatic rings. The van der Waals surface area contributed by atoms with E-state index < -0.39 is 23.8 Å². The summed E-state index contributed by atoms with van der Waals surface area (Å²) in [6.07, 6.45) is 2.72. The number of nitrogens with one attached hydrogen (secondary N) is 1. The van der Waals surface area contributed by atoms with Crippen LogP contribution >= 0.6 is 0 Å². The summed E-state index contributed by atoms with van der Waals surface area (Å²) in [4.78, 5) is 22.3. The summed E-state index contributed by atoms with van der Waals surface area (Å²) >= 11 is 0. The lowest BCUT2D eigenvalue weighted by Gasteiger charge is -2.16. The second-order valence-electron chi connectivity index (χ2n) is 4.31. The molecule has 0 radical (unpaired) electrons. The molecule has 19 heavy (non-hydrogen) atoms. The van der Waals surface area contributed by atoms with Gasteiger partial charge in [0, 0.05) is 12.1 Å². The fourth-order valence-electron chi connectivity index (χ4n) is 1.39. The number of hydrogen-bond acceptors (Lipinski definition) is 2. The highest BCUT2D eigenvalue weighted by atomic mass is 19.1. The smallest absolute Gasteiger partial charge is 0.308 e. The first kappa shape index (κ1) is 14.9. The van der Waals surface area contributed by atoms with Crippen molar-refractivity contribution in [1.82, 2.24) is 5.32 Å². The molecule has 0 fully saturated rings. The largest absolute Gasteiger partial charge is 0.481 e. The number of carboxylic acid groups (broad SMARTS) is 1. The topological polar surface area (TPSA) is 66.4 Å². The van der Waals surface area contributed by atoms with Crippen LogP contribution in [0.25, 0.3) is 6.08 Å². The standard InChI is InChI=1S/C14H16FNO3/c1-9(14(18)19)10(2)16-13(17)7-6-11-4-3-5-12(15)8-11/h3-10H,1-2H3,(H,16,17)(H,18,19)/b7-6+. The monoisotopic (exact) mass is 265 g/mol. The van der Waals surface area contributed by atoms with E-state index in [-0.39, 0.29) is 5.82 Å². The Hall–Kier alpha value is -2.17. The van der Waals surface area contributed by atoms with Crippen LogP contribution in [0.3, 0.4) is 0 Å². The van der Waals surface area contributed by atoms with Gasteiger partial charge in [-0.1, -0.05) is 12.1 Å². The van der Waals surface area contributed by atoms with Crippen molar-refractivity contribution in [3.8, 4) is 0 Å². The van der Waals surface area contributed by atoms with Crippen molar-refractivity contribution < 1.29 is 19.1 Å². The summed E-state index contributed by atoms with van der Waals surface area (Å²) in [7, 11) is 0. The Morgan fingerprint density at radius 1 is 1.37 bits per heavy atom. The zero-order valence-corrected chi connectivity index (χ0v) is 10.8. The van der Waals surface area contributed by atoms with Crippen molar-refractivity contribution in [2.24, 2.45) is 5.92 Å². The van der Waals surface area contributed by atoms with E-state index in [2.05, 4.69) is 5.32 Å². The van der Waals surface area contributed by atoms with Crippen molar-refractivity contribution in [3.05, 3.63) is 41.7 Å². The fourth-order valence-corrected chi connectivity index (χ4v) is 1.39. The van der Waals surface area contributed by atoms with Crippen LogP contribution in [0.5, 0.6) is 0 Å². The maximum Gasteiger partial charge on any atom is 0.308 e. The van der Waals surface area contributed by atoms with Gasteiger partial charge in [-0.15, -0.1) is 0 Å². The summed E-state index contributed by atoms with van der Waals surface area (Å²) in [6.45, 7) is 3.14. The molecule has 102 valence electrons. The Bertz CT molecular complexity index is 499. The number of carbonyl (C=O) groups is 2. The van der Waals surface area contributed by atoms with Gasteiger partial charge in [-0.05, 0) is 37.6 Å². The van der Waals surface area contributed by atoms with E-state index in [1.165, 1.54) is 31.2 Å². The first-order valence-corrected chi connectivity index (χ1v) is 5.87. The van der Waals surface area contributed by atoms with Gasteiger partial charge in [0.1, 0.15) is 5.82 Å². The molecule has 1 aromatic carbocycles. The van der Waals surface area contributed by atoms with Gasteiger partial charge >= 0.3 is 5.97 Å². The number of carboxylic acids is 1. The molecule has 2 N–H and O–H groups in total. The Kier molecular flexibility index (Phi) is 5.23. The highest BCUT2D eigenvalue weighted by Crippen LogP contribution is 2.06. The molecular formula is C14H16FNO3. The van der Waals surface area contributed by atoms with Crippen molar-refractivity contribution in [2.75, 3.05) is 0 Å². The minimum Gasteiger partial charge on any atom is -0.481 e. The number of benzene rings is 1. The van der Waals surface area contributed by atoms with E-state index >= 15 is 0 Å². The summed E-state index contributed by atoms with van der Waals surface area (Å²) in [5.41, 5.74) is 0.564. The van der Waals surface area contributed by atoms with Crippen molar-refractivity contribution >= 4 is 18.0 Å². The van der Waals surface area contributed by atoms with E-state index in [0.29, 0.717) is 5.56 Å². The Balaban J connectivity index is 2.58. The van der Waals surface area contributed by atoms with Crippen LogP contribution < -0.4 is 5.32 Å². The molecule has 5 heteroatoms. The summed E-state index contributed by atoms with van der Waals surface area (Å²) in [6, 6.07) is 5.33. The predicted octanol–water partition coefficient (Wildman–Crippen LogP) is 2.06. The number of amides is 1. The van der Waals surface area contributed by atoms with E-state index in [1.807, 2.05) is 0 Å². The third kappa shape index (κ3) is 4.91. The van der Waals surface area contributed by atoms with Crippen molar-refractivity contribution in [1.29, 1.82) is 0 Å². The molecule has 0 saturated carbocycles. The Morgan fingerprint density at radius 2 is 2.05 bits per heavy atom. The lowest BCUT2D eigenvalue weighted by Crippen LogP contribution is -2.39. The van der Waals surface area contributed by atoms with Gasteiger partial charge in [0.25, 0.3) is 0 Å². The molecule has 0 aliphatic heterocycles. The number of halogens is 1. The van der Waals surface area contributed by atoms with Crippen LogP contribution in [-0.4, -0.2) is 23.0 Å². The highest BCUT2D eigenvalue weighted by molar-refractivity contribution is 5.92. The normalized spacial score (nSPS) is 14.1. The molecular weight excluding hydrogens is 249 g/mol. The number of rotatable bonds is 5.